The molecule has 5 amide bonds. The number of H-pyrrole nitrogens is 1. The smallest absolute Gasteiger partial charge is 0.289 e. The molecular weight excluding hydrogens is 586 g/mol. The number of carbonyl (C=O) groups is 5. The maximum absolute atomic E-state index is 13.7. The lowest BCUT2D eigenvalue weighted by Gasteiger charge is -2.25. The van der Waals surface area contributed by atoms with Gasteiger partial charge in [-0.2, -0.15) is 0 Å². The summed E-state index contributed by atoms with van der Waals surface area (Å²) in [4.78, 5) is 75.1. The number of fused-ring (bicyclic) bond motifs is 18. The van der Waals surface area contributed by atoms with Crippen molar-refractivity contribution in [3.05, 3.63) is 89.5 Å². The minimum atomic E-state index is -0.978. The number of aromatic nitrogens is 2. The molecule has 12 nitrogen and oxygen atoms in total. The van der Waals surface area contributed by atoms with Crippen LogP contribution < -0.4 is 21.3 Å². The Morgan fingerprint density at radius 3 is 2.28 bits per heavy atom. The van der Waals surface area contributed by atoms with Gasteiger partial charge in [-0.3, -0.25) is 24.0 Å². The number of amides is 5. The highest BCUT2D eigenvalue weighted by molar-refractivity contribution is 5.99. The Balaban J connectivity index is 1.61. The van der Waals surface area contributed by atoms with Crippen LogP contribution >= 0.6 is 0 Å². The predicted octanol–water partition coefficient (Wildman–Crippen LogP) is 2.34. The lowest BCUT2D eigenvalue weighted by Crippen LogP contribution is -2.57. The van der Waals surface area contributed by atoms with Gasteiger partial charge in [-0.15, -0.1) is 0 Å². The van der Waals surface area contributed by atoms with E-state index in [-0.39, 0.29) is 36.5 Å². The van der Waals surface area contributed by atoms with E-state index in [1.807, 2.05) is 44.2 Å². The molecule has 0 radical (unpaired) electrons. The lowest BCUT2D eigenvalue weighted by molar-refractivity contribution is -0.132. The van der Waals surface area contributed by atoms with Crippen LogP contribution in [0, 0.1) is 5.92 Å². The van der Waals surface area contributed by atoms with Crippen LogP contribution in [0.25, 0.3) is 0 Å². The first-order chi connectivity index (χ1) is 22.1. The summed E-state index contributed by atoms with van der Waals surface area (Å²) in [6.45, 7) is 6.51. The van der Waals surface area contributed by atoms with Crippen molar-refractivity contribution < 1.29 is 24.0 Å². The molecule has 0 spiro atoms. The molecule has 2 aliphatic heterocycles. The second kappa shape index (κ2) is 16.4. The monoisotopic (exact) mass is 629 g/mol. The van der Waals surface area contributed by atoms with Gasteiger partial charge in [0.25, 0.3) is 11.8 Å². The van der Waals surface area contributed by atoms with E-state index in [1.165, 1.54) is 6.20 Å². The van der Waals surface area contributed by atoms with E-state index in [0.717, 1.165) is 11.1 Å². The average molecular weight is 630 g/mol. The number of hydrogen-bond acceptors (Lipinski definition) is 6. The van der Waals surface area contributed by atoms with E-state index in [0.29, 0.717) is 37.9 Å². The van der Waals surface area contributed by atoms with Crippen molar-refractivity contribution in [2.75, 3.05) is 13.1 Å². The maximum Gasteiger partial charge on any atom is 0.289 e. The second-order valence-electron chi connectivity index (χ2n) is 12.0. The van der Waals surface area contributed by atoms with E-state index in [4.69, 9.17) is 0 Å². The molecule has 0 saturated carbocycles. The summed E-state index contributed by atoms with van der Waals surface area (Å²) in [7, 11) is 0. The Hall–Kier alpha value is -5.00. The molecule has 3 atom stereocenters. The zero-order valence-electron chi connectivity index (χ0n) is 26.5. The molecule has 0 aliphatic carbocycles. The van der Waals surface area contributed by atoms with Crippen LogP contribution in [0.1, 0.15) is 72.1 Å². The van der Waals surface area contributed by atoms with Crippen molar-refractivity contribution in [3.63, 3.8) is 0 Å². The van der Waals surface area contributed by atoms with Crippen LogP contribution in [0.4, 0.5) is 0 Å². The third kappa shape index (κ3) is 9.75. The van der Waals surface area contributed by atoms with E-state index in [2.05, 4.69) is 31.2 Å². The summed E-state index contributed by atoms with van der Waals surface area (Å²) >= 11 is 0. The van der Waals surface area contributed by atoms with Crippen LogP contribution in [0.3, 0.4) is 0 Å². The molecular formula is C34H43N7O5. The molecule has 3 aromatic rings. The van der Waals surface area contributed by atoms with Gasteiger partial charge >= 0.3 is 0 Å². The van der Waals surface area contributed by atoms with Crippen molar-refractivity contribution in [1.82, 2.24) is 36.1 Å². The third-order valence-corrected chi connectivity index (χ3v) is 7.73. The Labute approximate surface area is 269 Å². The van der Waals surface area contributed by atoms with Crippen LogP contribution in [-0.4, -0.2) is 75.6 Å². The number of imidazole rings is 1. The van der Waals surface area contributed by atoms with Crippen LogP contribution in [0.5, 0.6) is 0 Å². The second-order valence-corrected chi connectivity index (χ2v) is 12.0. The lowest BCUT2D eigenvalue weighted by atomic mass is 10.0. The largest absolute Gasteiger partial charge is 0.354 e. The highest BCUT2D eigenvalue weighted by Gasteiger charge is 2.29. The summed E-state index contributed by atoms with van der Waals surface area (Å²) in [6.07, 6.45) is 4.85. The van der Waals surface area contributed by atoms with Crippen molar-refractivity contribution in [2.45, 2.75) is 71.1 Å². The summed E-state index contributed by atoms with van der Waals surface area (Å²) in [5, 5.41) is 11.3. The van der Waals surface area contributed by atoms with Gasteiger partial charge in [-0.1, -0.05) is 56.3 Å². The molecule has 2 bridgehead atoms. The maximum atomic E-state index is 13.7. The molecule has 2 aliphatic rings. The number of benzene rings is 2. The van der Waals surface area contributed by atoms with Crippen LogP contribution in [0.15, 0.2) is 67.0 Å². The van der Waals surface area contributed by atoms with Gasteiger partial charge in [0.15, 0.2) is 5.82 Å². The fourth-order valence-electron chi connectivity index (χ4n) is 5.21. The molecule has 12 heteroatoms. The number of aromatic amines is 1. The van der Waals surface area contributed by atoms with Gasteiger partial charge in [0.2, 0.25) is 17.7 Å². The Morgan fingerprint density at radius 2 is 1.61 bits per heavy atom. The van der Waals surface area contributed by atoms with Crippen LogP contribution in [0.2, 0.25) is 0 Å². The number of hydrogen-bond donors (Lipinski definition) is 5. The topological polar surface area (TPSA) is 165 Å². The van der Waals surface area contributed by atoms with Crippen molar-refractivity contribution >= 4 is 29.5 Å². The highest BCUT2D eigenvalue weighted by Crippen LogP contribution is 2.13. The summed E-state index contributed by atoms with van der Waals surface area (Å²) in [6, 6.07) is 13.4. The first kappa shape index (κ1) is 33.9. The number of nitrogens with one attached hydrogen (secondary N) is 5. The first-order valence-electron chi connectivity index (χ1n) is 15.7. The quantitative estimate of drug-likeness (QED) is 0.272. The molecule has 0 unspecified atom stereocenters. The molecule has 244 valence electrons. The number of rotatable bonds is 5. The van der Waals surface area contributed by atoms with E-state index >= 15 is 0 Å². The van der Waals surface area contributed by atoms with Crippen molar-refractivity contribution in [1.29, 1.82) is 0 Å². The van der Waals surface area contributed by atoms with E-state index < -0.39 is 35.8 Å². The van der Waals surface area contributed by atoms with E-state index in [1.54, 1.807) is 42.3 Å². The fourth-order valence-corrected chi connectivity index (χ4v) is 5.21. The van der Waals surface area contributed by atoms with Crippen molar-refractivity contribution in [3.8, 4) is 0 Å². The van der Waals surface area contributed by atoms with Crippen molar-refractivity contribution in [2.24, 2.45) is 5.92 Å². The Bertz CT molecular complexity index is 1480. The Morgan fingerprint density at radius 1 is 0.891 bits per heavy atom. The highest BCUT2D eigenvalue weighted by atomic mass is 16.2. The summed E-state index contributed by atoms with van der Waals surface area (Å²) in [5.41, 5.74) is 1.99. The zero-order chi connectivity index (χ0) is 33.1. The van der Waals surface area contributed by atoms with Gasteiger partial charge in [0.1, 0.15) is 18.1 Å². The minimum absolute atomic E-state index is 0.0644. The predicted molar refractivity (Wildman–Crippen MR) is 172 cm³/mol. The molecule has 5 N–H and O–H groups in total. The van der Waals surface area contributed by atoms with Gasteiger partial charge in [-0.25, -0.2) is 4.98 Å². The minimum Gasteiger partial charge on any atom is -0.354 e. The van der Waals surface area contributed by atoms with Gasteiger partial charge in [0.05, 0.1) is 0 Å². The summed E-state index contributed by atoms with van der Waals surface area (Å²) < 4.78 is 0. The molecule has 1 aromatic heterocycles. The number of carbonyl (C=O) groups excluding carboxylic acids is 5. The molecule has 3 heterocycles. The van der Waals surface area contributed by atoms with Gasteiger partial charge < -0.3 is 31.2 Å². The fraction of sp³-hybridized carbons (Fsp3) is 0.412. The molecule has 5 rings (SSSR count). The molecule has 2 aromatic carbocycles. The zero-order valence-corrected chi connectivity index (χ0v) is 26.5. The molecule has 0 fully saturated rings. The van der Waals surface area contributed by atoms with E-state index in [9.17, 15) is 24.0 Å². The Kier molecular flexibility index (Phi) is 12.0. The molecule has 46 heavy (non-hydrogen) atoms. The van der Waals surface area contributed by atoms with Crippen LogP contribution in [-0.2, 0) is 27.3 Å². The van der Waals surface area contributed by atoms with Gasteiger partial charge in [0, 0.05) is 44.0 Å². The third-order valence-electron chi connectivity index (χ3n) is 7.73. The molecule has 0 saturated heterocycles. The first-order valence-corrected chi connectivity index (χ1v) is 15.7. The SMILES string of the molecule is CC(C)C[C@@H]1NC(=O)[C@@H](Cc2ccccc2)NC(=O)c2ccc(cc2)CN(C(=O)c2ncc[nH]2)CCCCNC(=O)[C@@H](C)NC1=O. The normalized spacial score (nSPS) is 20.7. The van der Waals surface area contributed by atoms with Gasteiger partial charge in [-0.05, 0) is 55.4 Å². The number of nitrogens with zero attached hydrogens (tertiary/aromatic N) is 2. The standard InChI is InChI=1S/C34H43N7O5/c1-22(2)19-27-32(44)38-23(3)30(42)37-15-7-8-18-41(34(46)29-35-16-17-36-29)21-25-11-13-26(14-12-25)31(43)39-28(33(45)40-27)20-24-9-5-4-6-10-24/h4-6,9-14,16-17,22-23,27-28H,7-8,15,18-21H2,1-3H3,(H,35,36)(H,37,42)(H,38,44)(H,39,43)(H,40,45)/t23-,27+,28-/m1/s1. The average Bonchev–Trinajstić information content (AvgIpc) is 3.58. The summed E-state index contributed by atoms with van der Waals surface area (Å²) in [5.74, 6) is -1.78.